The average Bonchev–Trinajstić information content (AvgIpc) is 2.72. The van der Waals surface area contributed by atoms with Crippen LogP contribution in [0.1, 0.15) is 33.1 Å². The van der Waals surface area contributed by atoms with E-state index in [0.29, 0.717) is 10.2 Å². The van der Waals surface area contributed by atoms with Gasteiger partial charge in [-0.3, -0.25) is 0 Å². The highest BCUT2D eigenvalue weighted by Gasteiger charge is 2.55. The monoisotopic (exact) mass is 185 g/mol. The summed E-state index contributed by atoms with van der Waals surface area (Å²) >= 11 is 2.13. The second kappa shape index (κ2) is 2.65. The number of rotatable bonds is 2. The molecule has 1 atom stereocenters. The first kappa shape index (κ1) is 8.89. The van der Waals surface area contributed by atoms with E-state index in [9.17, 15) is 0 Å². The zero-order valence-electron chi connectivity index (χ0n) is 8.10. The molecule has 0 aromatic carbocycles. The molecule has 0 aromatic rings. The van der Waals surface area contributed by atoms with Crippen LogP contribution >= 0.6 is 11.8 Å². The minimum absolute atomic E-state index is 0.496. The molecule has 1 unspecified atom stereocenters. The molecule has 2 N–H and O–H groups in total. The molecule has 2 rings (SSSR count). The second-order valence-electron chi connectivity index (χ2n) is 4.86. The van der Waals surface area contributed by atoms with Gasteiger partial charge < -0.3 is 5.73 Å². The van der Waals surface area contributed by atoms with Gasteiger partial charge in [-0.05, 0) is 42.9 Å². The third kappa shape index (κ3) is 1.20. The van der Waals surface area contributed by atoms with E-state index in [2.05, 4.69) is 25.6 Å². The number of nitrogens with two attached hydrogens (primary N) is 1. The van der Waals surface area contributed by atoms with Crippen LogP contribution in [0.15, 0.2) is 0 Å². The van der Waals surface area contributed by atoms with E-state index in [4.69, 9.17) is 5.73 Å². The van der Waals surface area contributed by atoms with Crippen molar-refractivity contribution in [3.05, 3.63) is 0 Å². The van der Waals surface area contributed by atoms with Crippen LogP contribution in [-0.2, 0) is 0 Å². The van der Waals surface area contributed by atoms with Crippen molar-refractivity contribution in [3.63, 3.8) is 0 Å². The minimum Gasteiger partial charge on any atom is -0.330 e. The van der Waals surface area contributed by atoms with E-state index in [1.165, 1.54) is 25.0 Å². The first-order chi connectivity index (χ1) is 5.61. The molecule has 0 spiro atoms. The van der Waals surface area contributed by atoms with Gasteiger partial charge in [0.1, 0.15) is 0 Å². The Labute approximate surface area is 79.5 Å². The molecule has 0 amide bonds. The van der Waals surface area contributed by atoms with Crippen LogP contribution in [0.25, 0.3) is 0 Å². The van der Waals surface area contributed by atoms with E-state index < -0.39 is 0 Å². The smallest absolute Gasteiger partial charge is 0.0137 e. The highest BCUT2D eigenvalue weighted by atomic mass is 32.2. The van der Waals surface area contributed by atoms with Gasteiger partial charge in [-0.15, -0.1) is 0 Å². The molecule has 70 valence electrons. The third-order valence-electron chi connectivity index (χ3n) is 3.76. The number of hydrogen-bond donors (Lipinski definition) is 1. The summed E-state index contributed by atoms with van der Waals surface area (Å²) in [4.78, 5) is 0. The van der Waals surface area contributed by atoms with Crippen LogP contribution in [-0.4, -0.2) is 17.0 Å². The number of thioether (sulfide) groups is 1. The molecular formula is C10H19NS. The van der Waals surface area contributed by atoms with Crippen molar-refractivity contribution >= 4 is 11.8 Å². The van der Waals surface area contributed by atoms with Gasteiger partial charge in [0.05, 0.1) is 0 Å². The molecule has 1 saturated heterocycles. The molecule has 1 aliphatic carbocycles. The summed E-state index contributed by atoms with van der Waals surface area (Å²) in [6, 6.07) is 0. The van der Waals surface area contributed by atoms with Gasteiger partial charge in [0.2, 0.25) is 0 Å². The van der Waals surface area contributed by atoms with Crippen LogP contribution in [0, 0.1) is 11.3 Å². The fraction of sp³-hybridized carbons (Fsp3) is 1.00. The summed E-state index contributed by atoms with van der Waals surface area (Å²) in [5.41, 5.74) is 6.42. The molecule has 2 heteroatoms. The molecule has 1 saturated carbocycles. The Morgan fingerprint density at radius 2 is 2.08 bits per heavy atom. The van der Waals surface area contributed by atoms with Gasteiger partial charge in [0.25, 0.3) is 0 Å². The van der Waals surface area contributed by atoms with E-state index in [1.807, 2.05) is 0 Å². The molecule has 2 aliphatic rings. The molecule has 2 fully saturated rings. The van der Waals surface area contributed by atoms with Crippen molar-refractivity contribution in [2.75, 3.05) is 12.3 Å². The maximum absolute atomic E-state index is 5.86. The SMILES string of the molecule is CC1(C)SCCC1C1(CN)CC1. The Morgan fingerprint density at radius 1 is 1.42 bits per heavy atom. The zero-order valence-corrected chi connectivity index (χ0v) is 8.91. The largest absolute Gasteiger partial charge is 0.330 e. The van der Waals surface area contributed by atoms with Crippen LogP contribution < -0.4 is 5.73 Å². The van der Waals surface area contributed by atoms with Crippen molar-refractivity contribution in [1.29, 1.82) is 0 Å². The standard InChI is InChI=1S/C10H19NS/c1-9(2)8(3-6-12-9)10(7-11)4-5-10/h8H,3-7,11H2,1-2H3. The fourth-order valence-corrected chi connectivity index (χ4v) is 4.24. The van der Waals surface area contributed by atoms with Crippen molar-refractivity contribution in [2.24, 2.45) is 17.1 Å². The van der Waals surface area contributed by atoms with Crippen LogP contribution in [0.3, 0.4) is 0 Å². The molecule has 0 radical (unpaired) electrons. The Hall–Kier alpha value is 0.310. The van der Waals surface area contributed by atoms with Gasteiger partial charge in [0.15, 0.2) is 0 Å². The molecule has 1 nitrogen and oxygen atoms in total. The van der Waals surface area contributed by atoms with Crippen molar-refractivity contribution < 1.29 is 0 Å². The first-order valence-electron chi connectivity index (χ1n) is 4.95. The van der Waals surface area contributed by atoms with Gasteiger partial charge in [-0.25, -0.2) is 0 Å². The lowest BCUT2D eigenvalue weighted by molar-refractivity contribution is 0.268. The highest BCUT2D eigenvalue weighted by Crippen LogP contribution is 2.61. The maximum Gasteiger partial charge on any atom is 0.0137 e. The van der Waals surface area contributed by atoms with Crippen molar-refractivity contribution in [1.82, 2.24) is 0 Å². The van der Waals surface area contributed by atoms with Gasteiger partial charge in [-0.2, -0.15) is 11.8 Å². The summed E-state index contributed by atoms with van der Waals surface area (Å²) in [5, 5.41) is 0. The minimum atomic E-state index is 0.496. The maximum atomic E-state index is 5.86. The summed E-state index contributed by atoms with van der Waals surface area (Å²) in [6.07, 6.45) is 4.17. The van der Waals surface area contributed by atoms with E-state index >= 15 is 0 Å². The van der Waals surface area contributed by atoms with Crippen LogP contribution in [0.2, 0.25) is 0 Å². The Morgan fingerprint density at radius 3 is 2.42 bits per heavy atom. The third-order valence-corrected chi connectivity index (χ3v) is 5.23. The van der Waals surface area contributed by atoms with Gasteiger partial charge in [-0.1, -0.05) is 13.8 Å². The summed E-state index contributed by atoms with van der Waals surface area (Å²) < 4.78 is 0.496. The molecule has 1 aliphatic heterocycles. The Kier molecular flexibility index (Phi) is 1.96. The van der Waals surface area contributed by atoms with Crippen molar-refractivity contribution in [2.45, 2.75) is 37.9 Å². The average molecular weight is 185 g/mol. The molecule has 0 bridgehead atoms. The summed E-state index contributed by atoms with van der Waals surface area (Å²) in [7, 11) is 0. The van der Waals surface area contributed by atoms with Crippen LogP contribution in [0.4, 0.5) is 0 Å². The Balaban J connectivity index is 2.13. The summed E-state index contributed by atoms with van der Waals surface area (Å²) in [5.74, 6) is 2.24. The topological polar surface area (TPSA) is 26.0 Å². The highest BCUT2D eigenvalue weighted by molar-refractivity contribution is 8.00. The van der Waals surface area contributed by atoms with E-state index in [1.54, 1.807) is 0 Å². The summed E-state index contributed by atoms with van der Waals surface area (Å²) in [6.45, 7) is 5.71. The molecule has 0 aromatic heterocycles. The Bertz CT molecular complexity index is 184. The van der Waals surface area contributed by atoms with E-state index in [-0.39, 0.29) is 0 Å². The fourth-order valence-electron chi connectivity index (χ4n) is 2.79. The molecule has 12 heavy (non-hydrogen) atoms. The normalized spacial score (nSPS) is 36.8. The lowest BCUT2D eigenvalue weighted by atomic mass is 9.78. The predicted molar refractivity (Wildman–Crippen MR) is 55.4 cm³/mol. The number of hydrogen-bond acceptors (Lipinski definition) is 2. The van der Waals surface area contributed by atoms with Gasteiger partial charge in [0, 0.05) is 4.75 Å². The quantitative estimate of drug-likeness (QED) is 0.714. The molecule has 1 heterocycles. The second-order valence-corrected chi connectivity index (χ2v) is 6.61. The first-order valence-corrected chi connectivity index (χ1v) is 5.93. The lowest BCUT2D eigenvalue weighted by Gasteiger charge is -2.32. The molecular weight excluding hydrogens is 166 g/mol. The van der Waals surface area contributed by atoms with Crippen LogP contribution in [0.5, 0.6) is 0 Å². The lowest BCUT2D eigenvalue weighted by Crippen LogP contribution is -2.35. The van der Waals surface area contributed by atoms with Crippen molar-refractivity contribution in [3.8, 4) is 0 Å². The predicted octanol–water partition coefficient (Wildman–Crippen LogP) is 2.26. The van der Waals surface area contributed by atoms with E-state index in [0.717, 1.165) is 12.5 Å². The van der Waals surface area contributed by atoms with Gasteiger partial charge >= 0.3 is 0 Å². The zero-order chi connectivity index (χ0) is 8.82.